The van der Waals surface area contributed by atoms with Gasteiger partial charge in [-0.3, -0.25) is 4.79 Å². The molecule has 1 rings (SSSR count). The molecule has 0 bridgehead atoms. The van der Waals surface area contributed by atoms with E-state index in [1.54, 1.807) is 4.90 Å². The van der Waals surface area contributed by atoms with E-state index >= 15 is 0 Å². The fourth-order valence-electron chi connectivity index (χ4n) is 1.22. The van der Waals surface area contributed by atoms with Gasteiger partial charge in [0, 0.05) is 13.1 Å². The van der Waals surface area contributed by atoms with Crippen molar-refractivity contribution in [3.63, 3.8) is 0 Å². The molecule has 10 heavy (non-hydrogen) atoms. The number of rotatable bonds is 1. The van der Waals surface area contributed by atoms with E-state index in [4.69, 9.17) is 5.64 Å². The van der Waals surface area contributed by atoms with Gasteiger partial charge in [-0.25, -0.2) is 0 Å². The van der Waals surface area contributed by atoms with Crippen LogP contribution < -0.4 is 5.64 Å². The van der Waals surface area contributed by atoms with Gasteiger partial charge in [0.15, 0.2) is 5.81 Å². The summed E-state index contributed by atoms with van der Waals surface area (Å²) in [6.45, 7) is 1.76. The van der Waals surface area contributed by atoms with E-state index in [0.717, 1.165) is 33.3 Å². The Labute approximate surface area is 61.8 Å². The summed E-state index contributed by atoms with van der Waals surface area (Å²) in [6.07, 6.45) is 3.49. The largest absolute Gasteiger partial charge is 0.366 e. The Morgan fingerprint density at radius 1 is 1.30 bits per heavy atom. The van der Waals surface area contributed by atoms with Gasteiger partial charge in [0.05, 0.1) is 0 Å². The zero-order chi connectivity index (χ0) is 7.40. The Morgan fingerprint density at radius 3 is 2.40 bits per heavy atom. The van der Waals surface area contributed by atoms with Crippen LogP contribution in [0.5, 0.6) is 0 Å². The van der Waals surface area contributed by atoms with Crippen LogP contribution in [-0.2, 0) is 0 Å². The average Bonchev–Trinajstić information content (AvgIpc) is 2.05. The van der Waals surface area contributed by atoms with Gasteiger partial charge in [0.1, 0.15) is 0 Å². The fraction of sp³-hybridized carbons (Fsp3) is 0.833. The molecule has 0 aromatic heterocycles. The van der Waals surface area contributed by atoms with Gasteiger partial charge in [0.2, 0.25) is 0 Å². The number of nitrogens with two attached hydrogens (primary N) is 1. The number of hydrogen-bond acceptors (Lipinski definition) is 2. The summed E-state index contributed by atoms with van der Waals surface area (Å²) in [5.41, 5.74) is 5.09. The first-order chi connectivity index (χ1) is 4.84. The molecule has 1 aliphatic rings. The maximum atomic E-state index is 10.9. The summed E-state index contributed by atoms with van der Waals surface area (Å²) in [6, 6.07) is 0. The summed E-state index contributed by atoms with van der Waals surface area (Å²) in [7, 11) is 1.14. The highest BCUT2D eigenvalue weighted by Crippen LogP contribution is 2.07. The number of hydrogen-bond donors (Lipinski definition) is 1. The van der Waals surface area contributed by atoms with E-state index in [2.05, 4.69) is 0 Å². The van der Waals surface area contributed by atoms with E-state index in [1.165, 1.54) is 6.42 Å². The van der Waals surface area contributed by atoms with Crippen molar-refractivity contribution in [3.05, 3.63) is 0 Å². The predicted molar refractivity (Wildman–Crippen MR) is 40.8 cm³/mol. The molecule has 1 aliphatic heterocycles. The van der Waals surface area contributed by atoms with Crippen LogP contribution in [0.3, 0.4) is 0 Å². The second-order valence-electron chi connectivity index (χ2n) is 2.55. The van der Waals surface area contributed by atoms with E-state index in [9.17, 15) is 4.79 Å². The molecule has 0 unspecified atom stereocenters. The maximum absolute atomic E-state index is 10.9. The number of amides is 1. The fourth-order valence-corrected chi connectivity index (χ4v) is 1.22. The molecule has 1 amide bonds. The Hall–Kier alpha value is -0.505. The summed E-state index contributed by atoms with van der Waals surface area (Å²) < 4.78 is 0. The molecule has 0 aromatic carbocycles. The Bertz CT molecular complexity index is 123. The molecular formula is C6H12BN2O. The lowest BCUT2D eigenvalue weighted by atomic mass is 9.93. The van der Waals surface area contributed by atoms with Crippen LogP contribution in [0.25, 0.3) is 0 Å². The quantitative estimate of drug-likeness (QED) is 0.526. The van der Waals surface area contributed by atoms with Crippen LogP contribution in [-0.4, -0.2) is 31.2 Å². The number of likely N-dealkylation sites (tertiary alicyclic amines) is 1. The van der Waals surface area contributed by atoms with Crippen molar-refractivity contribution in [2.75, 3.05) is 13.1 Å². The molecule has 0 atom stereocenters. The molecule has 1 fully saturated rings. The Kier molecular flexibility index (Phi) is 2.74. The molecular weight excluding hydrogens is 127 g/mol. The predicted octanol–water partition coefficient (Wildman–Crippen LogP) is 0.170. The average molecular weight is 139 g/mol. The van der Waals surface area contributed by atoms with Gasteiger partial charge in [-0.2, -0.15) is 0 Å². The lowest BCUT2D eigenvalue weighted by Crippen LogP contribution is -2.40. The monoisotopic (exact) mass is 139 g/mol. The van der Waals surface area contributed by atoms with Crippen LogP contribution in [0, 0.1) is 0 Å². The van der Waals surface area contributed by atoms with Crippen LogP contribution in [0.2, 0.25) is 0 Å². The SMILES string of the molecule is N[B]C(=O)N1CCCCC1. The zero-order valence-electron chi connectivity index (χ0n) is 6.05. The first-order valence-corrected chi connectivity index (χ1v) is 3.68. The number of carbonyl (C=O) groups is 1. The number of carbonyl (C=O) groups excluding carboxylic acids is 1. The Morgan fingerprint density at radius 2 is 1.90 bits per heavy atom. The second kappa shape index (κ2) is 3.61. The van der Waals surface area contributed by atoms with Crippen molar-refractivity contribution in [3.8, 4) is 0 Å². The highest BCUT2D eigenvalue weighted by Gasteiger charge is 2.14. The molecule has 1 saturated heterocycles. The van der Waals surface area contributed by atoms with Gasteiger partial charge in [-0.05, 0) is 19.3 Å². The van der Waals surface area contributed by atoms with E-state index < -0.39 is 0 Å². The van der Waals surface area contributed by atoms with Gasteiger partial charge in [-0.1, -0.05) is 0 Å². The van der Waals surface area contributed by atoms with Crippen LogP contribution in [0.4, 0.5) is 4.79 Å². The highest BCUT2D eigenvalue weighted by molar-refractivity contribution is 6.70. The minimum Gasteiger partial charge on any atom is -0.366 e. The number of nitrogens with zero attached hydrogens (tertiary/aromatic N) is 1. The summed E-state index contributed by atoms with van der Waals surface area (Å²) in [4.78, 5) is 12.7. The van der Waals surface area contributed by atoms with Gasteiger partial charge in [-0.15, -0.1) is 0 Å². The van der Waals surface area contributed by atoms with Gasteiger partial charge >= 0.3 is 7.41 Å². The van der Waals surface area contributed by atoms with E-state index in [0.29, 0.717) is 0 Å². The normalized spacial score (nSPS) is 18.7. The molecule has 55 valence electrons. The molecule has 1 radical (unpaired) electrons. The number of piperidine rings is 1. The lowest BCUT2D eigenvalue weighted by Gasteiger charge is -2.26. The molecule has 3 nitrogen and oxygen atoms in total. The molecule has 1 heterocycles. The van der Waals surface area contributed by atoms with Crippen molar-refractivity contribution in [1.82, 2.24) is 4.90 Å². The van der Waals surface area contributed by atoms with Crippen LogP contribution in [0.15, 0.2) is 0 Å². The van der Waals surface area contributed by atoms with Gasteiger partial charge in [0.25, 0.3) is 0 Å². The van der Waals surface area contributed by atoms with Crippen molar-refractivity contribution in [1.29, 1.82) is 0 Å². The first kappa shape index (κ1) is 7.60. The minimum absolute atomic E-state index is 0.0281. The van der Waals surface area contributed by atoms with Crippen molar-refractivity contribution >= 4 is 13.2 Å². The molecule has 0 saturated carbocycles. The zero-order valence-corrected chi connectivity index (χ0v) is 6.05. The third-order valence-corrected chi connectivity index (χ3v) is 1.81. The third kappa shape index (κ3) is 1.74. The standard InChI is InChI=1S/C6H12BN2O/c8-7-6(10)9-4-2-1-3-5-9/h1-5,8H2. The van der Waals surface area contributed by atoms with E-state index in [-0.39, 0.29) is 5.81 Å². The molecule has 4 heteroatoms. The molecule has 0 aromatic rings. The minimum atomic E-state index is -0.0281. The third-order valence-electron chi connectivity index (χ3n) is 1.81. The van der Waals surface area contributed by atoms with Crippen LogP contribution in [0.1, 0.15) is 19.3 Å². The highest BCUT2D eigenvalue weighted by atomic mass is 16.2. The topological polar surface area (TPSA) is 46.3 Å². The summed E-state index contributed by atoms with van der Waals surface area (Å²) in [5.74, 6) is -0.0281. The van der Waals surface area contributed by atoms with Gasteiger partial charge < -0.3 is 10.5 Å². The molecule has 0 spiro atoms. The summed E-state index contributed by atoms with van der Waals surface area (Å²) >= 11 is 0. The second-order valence-corrected chi connectivity index (χ2v) is 2.55. The van der Waals surface area contributed by atoms with Crippen molar-refractivity contribution < 1.29 is 4.79 Å². The maximum Gasteiger partial charge on any atom is 0.323 e. The Balaban J connectivity index is 2.31. The lowest BCUT2D eigenvalue weighted by molar-refractivity contribution is 0.209. The molecule has 0 aliphatic carbocycles. The van der Waals surface area contributed by atoms with Crippen LogP contribution >= 0.6 is 0 Å². The van der Waals surface area contributed by atoms with Crippen molar-refractivity contribution in [2.24, 2.45) is 5.64 Å². The van der Waals surface area contributed by atoms with E-state index in [1.807, 2.05) is 0 Å². The smallest absolute Gasteiger partial charge is 0.323 e. The molecule has 2 N–H and O–H groups in total. The summed E-state index contributed by atoms with van der Waals surface area (Å²) in [5, 5.41) is 0. The van der Waals surface area contributed by atoms with Crippen molar-refractivity contribution in [2.45, 2.75) is 19.3 Å². The first-order valence-electron chi connectivity index (χ1n) is 3.68.